The van der Waals surface area contributed by atoms with E-state index in [-0.39, 0.29) is 4.87 Å². The van der Waals surface area contributed by atoms with Crippen molar-refractivity contribution in [2.45, 2.75) is 70.6 Å². The van der Waals surface area contributed by atoms with Crippen LogP contribution in [-0.4, -0.2) is 4.87 Å². The molecule has 20 heavy (non-hydrogen) atoms. The van der Waals surface area contributed by atoms with Gasteiger partial charge in [-0.25, -0.2) is 0 Å². The Morgan fingerprint density at radius 1 is 0.950 bits per heavy atom. The Morgan fingerprint density at radius 3 is 2.30 bits per heavy atom. The van der Waals surface area contributed by atoms with Gasteiger partial charge in [0.1, 0.15) is 0 Å². The molecule has 6 aliphatic carbocycles. The standard InChI is InChI=1S/C19H29Cl/c1-11-4-5-14(8-11)17-10-18(13(17)3)16(17)12(2)9-15-6-7-19(15,18)20/h11-16H,4-10H2,1-3H3. The Hall–Kier alpha value is 0.290. The van der Waals surface area contributed by atoms with Crippen molar-refractivity contribution < 1.29 is 0 Å². The van der Waals surface area contributed by atoms with Crippen molar-refractivity contribution in [2.24, 2.45) is 46.3 Å². The summed E-state index contributed by atoms with van der Waals surface area (Å²) in [6.07, 6.45) is 10.2. The van der Waals surface area contributed by atoms with Gasteiger partial charge in [-0.15, -0.1) is 11.6 Å². The molecule has 9 unspecified atom stereocenters. The van der Waals surface area contributed by atoms with Crippen LogP contribution in [0.4, 0.5) is 0 Å². The Morgan fingerprint density at radius 2 is 1.75 bits per heavy atom. The van der Waals surface area contributed by atoms with Gasteiger partial charge in [-0.3, -0.25) is 0 Å². The van der Waals surface area contributed by atoms with E-state index in [9.17, 15) is 0 Å². The van der Waals surface area contributed by atoms with Crippen molar-refractivity contribution >= 4 is 11.6 Å². The van der Waals surface area contributed by atoms with E-state index in [1.807, 2.05) is 0 Å². The molecule has 0 N–H and O–H groups in total. The smallest absolute Gasteiger partial charge is 0.0537 e. The molecule has 112 valence electrons. The number of hydrogen-bond donors (Lipinski definition) is 0. The van der Waals surface area contributed by atoms with Gasteiger partial charge in [0.25, 0.3) is 0 Å². The average molecular weight is 293 g/mol. The van der Waals surface area contributed by atoms with E-state index in [0.29, 0.717) is 5.41 Å². The Labute approximate surface area is 129 Å². The molecule has 6 saturated carbocycles. The van der Waals surface area contributed by atoms with Crippen molar-refractivity contribution in [2.75, 3.05) is 0 Å². The third kappa shape index (κ3) is 0.991. The highest BCUT2D eigenvalue weighted by Gasteiger charge is 2.90. The summed E-state index contributed by atoms with van der Waals surface area (Å²) in [5.41, 5.74) is 1.30. The molecule has 0 radical (unpaired) electrons. The van der Waals surface area contributed by atoms with Crippen LogP contribution in [0.5, 0.6) is 0 Å². The lowest BCUT2D eigenvalue weighted by Gasteiger charge is -2.92. The molecule has 0 aromatic carbocycles. The molecule has 1 heteroatoms. The predicted octanol–water partition coefficient (Wildman–Crippen LogP) is 5.49. The third-order valence-corrected chi connectivity index (χ3v) is 10.1. The molecule has 9 atom stereocenters. The molecule has 1 spiro atoms. The average Bonchev–Trinajstić information content (AvgIpc) is 2.78. The largest absolute Gasteiger partial charge is 0.118 e. The summed E-state index contributed by atoms with van der Waals surface area (Å²) in [5.74, 6) is 5.76. The van der Waals surface area contributed by atoms with Crippen LogP contribution in [0, 0.1) is 46.3 Å². The van der Waals surface area contributed by atoms with Crippen LogP contribution >= 0.6 is 11.6 Å². The highest BCUT2D eigenvalue weighted by Crippen LogP contribution is 2.93. The van der Waals surface area contributed by atoms with E-state index in [4.69, 9.17) is 11.6 Å². The number of fused-ring (bicyclic) bond motifs is 1. The normalized spacial score (nSPS) is 70.2. The lowest BCUT2D eigenvalue weighted by Crippen LogP contribution is -2.89. The summed E-state index contributed by atoms with van der Waals surface area (Å²) in [4.78, 5) is 0.232. The molecule has 0 aromatic heterocycles. The Bertz CT molecular complexity index is 472. The van der Waals surface area contributed by atoms with Gasteiger partial charge >= 0.3 is 0 Å². The van der Waals surface area contributed by atoms with Gasteiger partial charge in [0.15, 0.2) is 0 Å². The highest BCUT2D eigenvalue weighted by atomic mass is 35.5. The van der Waals surface area contributed by atoms with E-state index in [1.54, 1.807) is 0 Å². The van der Waals surface area contributed by atoms with Gasteiger partial charge in [0.2, 0.25) is 0 Å². The molecule has 0 nitrogen and oxygen atoms in total. The fourth-order valence-corrected chi connectivity index (χ4v) is 9.18. The minimum absolute atomic E-state index is 0.232. The van der Waals surface area contributed by atoms with Crippen molar-refractivity contribution in [1.29, 1.82) is 0 Å². The number of hydrogen-bond acceptors (Lipinski definition) is 0. The van der Waals surface area contributed by atoms with Crippen molar-refractivity contribution in [1.82, 2.24) is 0 Å². The van der Waals surface area contributed by atoms with Gasteiger partial charge < -0.3 is 0 Å². The van der Waals surface area contributed by atoms with Crippen LogP contribution in [0.2, 0.25) is 0 Å². The topological polar surface area (TPSA) is 0 Å². The molecular formula is C19H29Cl. The molecule has 0 amide bonds. The van der Waals surface area contributed by atoms with Gasteiger partial charge in [-0.05, 0) is 84.9 Å². The third-order valence-electron chi connectivity index (χ3n) is 9.27. The monoisotopic (exact) mass is 292 g/mol. The first-order valence-corrected chi connectivity index (χ1v) is 9.53. The number of rotatable bonds is 1. The molecular weight excluding hydrogens is 264 g/mol. The lowest BCUT2D eigenvalue weighted by atomic mass is 9.14. The summed E-state index contributed by atoms with van der Waals surface area (Å²) in [6, 6.07) is 0. The second-order valence-electron chi connectivity index (χ2n) is 9.46. The van der Waals surface area contributed by atoms with Crippen molar-refractivity contribution in [3.63, 3.8) is 0 Å². The van der Waals surface area contributed by atoms with E-state index in [0.717, 1.165) is 40.9 Å². The minimum atomic E-state index is 0.232. The van der Waals surface area contributed by atoms with Crippen molar-refractivity contribution in [3.05, 3.63) is 0 Å². The van der Waals surface area contributed by atoms with Gasteiger partial charge in [0.05, 0.1) is 4.87 Å². The fourth-order valence-electron chi connectivity index (χ4n) is 8.53. The van der Waals surface area contributed by atoms with E-state index < -0.39 is 0 Å². The zero-order valence-corrected chi connectivity index (χ0v) is 14.0. The van der Waals surface area contributed by atoms with Crippen LogP contribution in [0.15, 0.2) is 0 Å². The van der Waals surface area contributed by atoms with E-state index >= 15 is 0 Å². The second kappa shape index (κ2) is 3.44. The molecule has 6 fully saturated rings. The molecule has 2 bridgehead atoms. The zero-order valence-electron chi connectivity index (χ0n) is 13.3. The Kier molecular flexibility index (Phi) is 2.20. The zero-order chi connectivity index (χ0) is 13.9. The van der Waals surface area contributed by atoms with Crippen LogP contribution in [0.1, 0.15) is 65.7 Å². The van der Waals surface area contributed by atoms with Gasteiger partial charge in [-0.2, -0.15) is 0 Å². The van der Waals surface area contributed by atoms with Crippen molar-refractivity contribution in [3.8, 4) is 0 Å². The molecule has 6 aliphatic rings. The van der Waals surface area contributed by atoms with E-state index in [1.165, 1.54) is 44.9 Å². The molecule has 0 heterocycles. The first-order chi connectivity index (χ1) is 9.47. The Balaban J connectivity index is 1.52. The predicted molar refractivity (Wildman–Crippen MR) is 83.7 cm³/mol. The van der Waals surface area contributed by atoms with Crippen LogP contribution in [0.25, 0.3) is 0 Å². The SMILES string of the molecule is CC1CCC(C23CC4(C2C)C3C(C)CC2CCC24Cl)C1. The molecule has 0 saturated heterocycles. The second-order valence-corrected chi connectivity index (χ2v) is 10.1. The fraction of sp³-hybridized carbons (Fsp3) is 1.00. The summed E-state index contributed by atoms with van der Waals surface area (Å²) in [6.45, 7) is 7.62. The molecule has 0 aromatic rings. The molecule has 0 aliphatic heterocycles. The van der Waals surface area contributed by atoms with Crippen LogP contribution in [-0.2, 0) is 0 Å². The number of alkyl halides is 1. The summed E-state index contributed by atoms with van der Waals surface area (Å²) >= 11 is 7.24. The van der Waals surface area contributed by atoms with Gasteiger partial charge in [-0.1, -0.05) is 27.2 Å². The minimum Gasteiger partial charge on any atom is -0.118 e. The first kappa shape index (κ1) is 12.8. The summed E-state index contributed by atoms with van der Waals surface area (Å²) in [5, 5.41) is 0. The van der Waals surface area contributed by atoms with Crippen LogP contribution in [0.3, 0.4) is 0 Å². The lowest BCUT2D eigenvalue weighted by molar-refractivity contribution is -0.417. The van der Waals surface area contributed by atoms with E-state index in [2.05, 4.69) is 20.8 Å². The maximum absolute atomic E-state index is 7.24. The summed E-state index contributed by atoms with van der Waals surface area (Å²) < 4.78 is 0. The first-order valence-electron chi connectivity index (χ1n) is 9.15. The maximum Gasteiger partial charge on any atom is 0.0537 e. The highest BCUT2D eigenvalue weighted by molar-refractivity contribution is 6.25. The van der Waals surface area contributed by atoms with Gasteiger partial charge in [0, 0.05) is 0 Å². The number of halogens is 1. The quantitative estimate of drug-likeness (QED) is 0.560. The summed E-state index contributed by atoms with van der Waals surface area (Å²) in [7, 11) is 0. The maximum atomic E-state index is 7.24. The van der Waals surface area contributed by atoms with Crippen LogP contribution < -0.4 is 0 Å². The molecule has 6 rings (SSSR count).